The number of nitrogens with zero attached hydrogens (tertiary/aromatic N) is 2. The molecule has 1 aromatic carbocycles. The third-order valence-corrected chi connectivity index (χ3v) is 3.12. The third kappa shape index (κ3) is 6.62. The molecule has 4 nitrogen and oxygen atoms in total. The molecule has 1 aromatic rings. The molecular weight excluding hydrogens is 262 g/mol. The van der Waals surface area contributed by atoms with E-state index in [2.05, 4.69) is 12.2 Å². The first-order chi connectivity index (χ1) is 10.2. The molecule has 1 N–H and O–H groups in total. The normalized spacial score (nSPS) is 10.8. The van der Waals surface area contributed by atoms with Gasteiger partial charge >= 0.3 is 0 Å². The first kappa shape index (κ1) is 16.8. The molecule has 1 amide bonds. The van der Waals surface area contributed by atoms with Crippen molar-refractivity contribution >= 4 is 5.91 Å². The summed E-state index contributed by atoms with van der Waals surface area (Å²) in [5.74, 6) is -0.309. The van der Waals surface area contributed by atoms with Gasteiger partial charge in [-0.1, -0.05) is 43.7 Å². The minimum absolute atomic E-state index is 0.154. The molecule has 0 heterocycles. The summed E-state index contributed by atoms with van der Waals surface area (Å²) < 4.78 is 0. The number of rotatable bonds is 8. The number of hydrogen-bond donors (Lipinski definition) is 1. The molecule has 0 bridgehead atoms. The molecule has 0 fully saturated rings. The van der Waals surface area contributed by atoms with Gasteiger partial charge in [0, 0.05) is 26.3 Å². The summed E-state index contributed by atoms with van der Waals surface area (Å²) in [6, 6.07) is 11.9. The lowest BCUT2D eigenvalue weighted by Gasteiger charge is -2.13. The zero-order chi connectivity index (χ0) is 15.5. The Kier molecular flexibility index (Phi) is 7.67. The maximum atomic E-state index is 11.9. The zero-order valence-corrected chi connectivity index (χ0v) is 12.8. The highest BCUT2D eigenvalue weighted by molar-refractivity contribution is 5.97. The lowest BCUT2D eigenvalue weighted by Crippen LogP contribution is -2.28. The molecule has 112 valence electrons. The van der Waals surface area contributed by atoms with Gasteiger partial charge in [-0.2, -0.15) is 5.26 Å². The summed E-state index contributed by atoms with van der Waals surface area (Å²) in [7, 11) is 1.88. The molecular formula is C17H23N3O. The van der Waals surface area contributed by atoms with Gasteiger partial charge in [-0.05, 0) is 18.4 Å². The average Bonchev–Trinajstić information content (AvgIpc) is 2.51. The van der Waals surface area contributed by atoms with Crippen molar-refractivity contribution in [1.29, 1.82) is 5.26 Å². The van der Waals surface area contributed by atoms with Crippen molar-refractivity contribution < 1.29 is 4.79 Å². The molecule has 0 atom stereocenters. The minimum atomic E-state index is -0.309. The molecule has 1 rings (SSSR count). The predicted octanol–water partition coefficient (Wildman–Crippen LogP) is 2.48. The van der Waals surface area contributed by atoms with Gasteiger partial charge in [0.2, 0.25) is 0 Å². The second-order valence-electron chi connectivity index (χ2n) is 4.98. The number of nitriles is 1. The minimum Gasteiger partial charge on any atom is -0.379 e. The molecule has 0 saturated heterocycles. The average molecular weight is 285 g/mol. The Balaban J connectivity index is 2.44. The summed E-state index contributed by atoms with van der Waals surface area (Å²) in [4.78, 5) is 13.8. The Morgan fingerprint density at radius 2 is 2.10 bits per heavy atom. The fraction of sp³-hybridized carbons (Fsp3) is 0.412. The molecule has 0 saturated carbocycles. The molecule has 0 unspecified atom stereocenters. The zero-order valence-electron chi connectivity index (χ0n) is 12.8. The Labute approximate surface area is 127 Å². The first-order valence-electron chi connectivity index (χ1n) is 7.31. The van der Waals surface area contributed by atoms with Gasteiger partial charge in [-0.15, -0.1) is 0 Å². The predicted molar refractivity (Wildman–Crippen MR) is 84.4 cm³/mol. The number of carbonyl (C=O) groups is 1. The van der Waals surface area contributed by atoms with Crippen LogP contribution in [-0.2, 0) is 11.2 Å². The highest BCUT2D eigenvalue weighted by Crippen LogP contribution is 2.01. The van der Waals surface area contributed by atoms with E-state index in [1.807, 2.05) is 48.3 Å². The van der Waals surface area contributed by atoms with Crippen LogP contribution in [0.2, 0.25) is 0 Å². The molecule has 0 aliphatic carbocycles. The second kappa shape index (κ2) is 9.60. The Hall–Kier alpha value is -2.28. The van der Waals surface area contributed by atoms with Crippen LogP contribution in [0.4, 0.5) is 0 Å². The van der Waals surface area contributed by atoms with Crippen molar-refractivity contribution in [3.63, 3.8) is 0 Å². The highest BCUT2D eigenvalue weighted by atomic mass is 16.1. The van der Waals surface area contributed by atoms with Crippen LogP contribution in [0.3, 0.4) is 0 Å². The van der Waals surface area contributed by atoms with E-state index >= 15 is 0 Å². The SMILES string of the molecule is CCCCN(C)/C=C(/C#N)C(=O)NCCc1ccccc1. The molecule has 0 aromatic heterocycles. The monoisotopic (exact) mass is 285 g/mol. The van der Waals surface area contributed by atoms with Crippen molar-refractivity contribution in [2.24, 2.45) is 0 Å². The molecule has 0 radical (unpaired) electrons. The number of amides is 1. The van der Waals surface area contributed by atoms with E-state index in [0.29, 0.717) is 6.54 Å². The van der Waals surface area contributed by atoms with Crippen molar-refractivity contribution in [3.8, 4) is 6.07 Å². The maximum Gasteiger partial charge on any atom is 0.263 e. The van der Waals surface area contributed by atoms with E-state index in [-0.39, 0.29) is 11.5 Å². The van der Waals surface area contributed by atoms with E-state index in [4.69, 9.17) is 5.26 Å². The molecule has 0 aliphatic rings. The standard InChI is InChI=1S/C17H23N3O/c1-3-4-12-20(2)14-16(13-18)17(21)19-11-10-15-8-6-5-7-9-15/h5-9,14H,3-4,10-12H2,1-2H3,(H,19,21)/b16-14-. The third-order valence-electron chi connectivity index (χ3n) is 3.12. The number of nitrogens with one attached hydrogen (secondary N) is 1. The first-order valence-corrected chi connectivity index (χ1v) is 7.31. The summed E-state index contributed by atoms with van der Waals surface area (Å²) in [5.41, 5.74) is 1.32. The lowest BCUT2D eigenvalue weighted by molar-refractivity contribution is -0.117. The van der Waals surface area contributed by atoms with Gasteiger partial charge in [0.25, 0.3) is 5.91 Å². The van der Waals surface area contributed by atoms with E-state index < -0.39 is 0 Å². The van der Waals surface area contributed by atoms with E-state index in [1.54, 1.807) is 6.20 Å². The van der Waals surface area contributed by atoms with Crippen molar-refractivity contribution in [2.75, 3.05) is 20.1 Å². The van der Waals surface area contributed by atoms with E-state index in [9.17, 15) is 4.79 Å². The van der Waals surface area contributed by atoms with E-state index in [1.165, 1.54) is 5.56 Å². The van der Waals surface area contributed by atoms with Gasteiger partial charge in [0.05, 0.1) is 0 Å². The molecule has 21 heavy (non-hydrogen) atoms. The second-order valence-corrected chi connectivity index (χ2v) is 4.98. The van der Waals surface area contributed by atoms with Crippen LogP contribution in [0.25, 0.3) is 0 Å². The fourth-order valence-electron chi connectivity index (χ4n) is 1.89. The van der Waals surface area contributed by atoms with Crippen molar-refractivity contribution in [3.05, 3.63) is 47.7 Å². The molecule has 4 heteroatoms. The summed E-state index contributed by atoms with van der Waals surface area (Å²) in [6.07, 6.45) is 4.51. The van der Waals surface area contributed by atoms with Crippen molar-refractivity contribution in [2.45, 2.75) is 26.2 Å². The number of hydrogen-bond acceptors (Lipinski definition) is 3. The van der Waals surface area contributed by atoms with Crippen LogP contribution < -0.4 is 5.32 Å². The van der Waals surface area contributed by atoms with Crippen LogP contribution in [0.5, 0.6) is 0 Å². The summed E-state index contributed by atoms with van der Waals surface area (Å²) in [6.45, 7) is 3.48. The highest BCUT2D eigenvalue weighted by Gasteiger charge is 2.09. The van der Waals surface area contributed by atoms with Gasteiger partial charge in [0.1, 0.15) is 11.6 Å². The number of unbranched alkanes of at least 4 members (excludes halogenated alkanes) is 1. The van der Waals surface area contributed by atoms with Crippen molar-refractivity contribution in [1.82, 2.24) is 10.2 Å². The Bertz CT molecular complexity index is 503. The van der Waals surface area contributed by atoms with Gasteiger partial charge in [-0.3, -0.25) is 4.79 Å². The van der Waals surface area contributed by atoms with Gasteiger partial charge in [-0.25, -0.2) is 0 Å². The van der Waals surface area contributed by atoms with E-state index in [0.717, 1.165) is 25.8 Å². The largest absolute Gasteiger partial charge is 0.379 e. The topological polar surface area (TPSA) is 56.1 Å². The fourth-order valence-corrected chi connectivity index (χ4v) is 1.89. The Morgan fingerprint density at radius 1 is 1.38 bits per heavy atom. The smallest absolute Gasteiger partial charge is 0.263 e. The van der Waals surface area contributed by atoms with Crippen LogP contribution in [0.1, 0.15) is 25.3 Å². The number of carbonyl (C=O) groups excluding carboxylic acids is 1. The quantitative estimate of drug-likeness (QED) is 0.590. The summed E-state index contributed by atoms with van der Waals surface area (Å²) in [5, 5.41) is 11.9. The van der Waals surface area contributed by atoms with Crippen LogP contribution in [0.15, 0.2) is 42.1 Å². The summed E-state index contributed by atoms with van der Waals surface area (Å²) >= 11 is 0. The van der Waals surface area contributed by atoms with Gasteiger partial charge in [0.15, 0.2) is 0 Å². The lowest BCUT2D eigenvalue weighted by atomic mass is 10.1. The van der Waals surface area contributed by atoms with Crippen LogP contribution >= 0.6 is 0 Å². The maximum absolute atomic E-state index is 11.9. The van der Waals surface area contributed by atoms with Crippen LogP contribution in [0, 0.1) is 11.3 Å². The molecule has 0 spiro atoms. The molecule has 0 aliphatic heterocycles. The number of benzene rings is 1. The van der Waals surface area contributed by atoms with Gasteiger partial charge < -0.3 is 10.2 Å². The Morgan fingerprint density at radius 3 is 2.71 bits per heavy atom. The van der Waals surface area contributed by atoms with Crippen LogP contribution in [-0.4, -0.2) is 30.9 Å².